The maximum Gasteiger partial charge on any atom is 0.317 e. The lowest BCUT2D eigenvalue weighted by molar-refractivity contribution is -0.144. The Kier molecular flexibility index (Phi) is 4.09. The SMILES string of the molecule is CC(C(=O)O)C1CN(C(=O)NCCc2ccco2)C1. The molecule has 2 amide bonds. The number of hydrogen-bond donors (Lipinski definition) is 2. The van der Waals surface area contributed by atoms with Crippen LogP contribution in [0.15, 0.2) is 22.8 Å². The fourth-order valence-corrected chi connectivity index (χ4v) is 2.06. The van der Waals surface area contributed by atoms with Gasteiger partial charge in [0.1, 0.15) is 5.76 Å². The zero-order chi connectivity index (χ0) is 13.8. The fraction of sp³-hybridized carbons (Fsp3) is 0.538. The molecule has 2 heterocycles. The van der Waals surface area contributed by atoms with Crippen LogP contribution in [-0.4, -0.2) is 41.6 Å². The quantitative estimate of drug-likeness (QED) is 0.838. The molecule has 1 aliphatic rings. The molecule has 1 aliphatic heterocycles. The third-order valence-electron chi connectivity index (χ3n) is 3.52. The van der Waals surface area contributed by atoms with Gasteiger partial charge in [-0.25, -0.2) is 4.79 Å². The summed E-state index contributed by atoms with van der Waals surface area (Å²) in [4.78, 5) is 24.1. The van der Waals surface area contributed by atoms with Gasteiger partial charge in [0.05, 0.1) is 12.2 Å². The van der Waals surface area contributed by atoms with Crippen molar-refractivity contribution in [1.82, 2.24) is 10.2 Å². The highest BCUT2D eigenvalue weighted by molar-refractivity contribution is 5.76. The lowest BCUT2D eigenvalue weighted by Gasteiger charge is -2.41. The van der Waals surface area contributed by atoms with Gasteiger partial charge in [0.25, 0.3) is 0 Å². The van der Waals surface area contributed by atoms with Gasteiger partial charge < -0.3 is 19.7 Å². The van der Waals surface area contributed by atoms with Crippen molar-refractivity contribution in [1.29, 1.82) is 0 Å². The maximum atomic E-state index is 11.7. The van der Waals surface area contributed by atoms with Crippen molar-refractivity contribution in [2.45, 2.75) is 13.3 Å². The second-order valence-electron chi connectivity index (χ2n) is 4.85. The van der Waals surface area contributed by atoms with E-state index in [1.54, 1.807) is 18.1 Å². The van der Waals surface area contributed by atoms with Gasteiger partial charge in [0.15, 0.2) is 0 Å². The second-order valence-corrected chi connectivity index (χ2v) is 4.85. The van der Waals surface area contributed by atoms with Crippen LogP contribution in [0.4, 0.5) is 4.79 Å². The normalized spacial score (nSPS) is 16.8. The van der Waals surface area contributed by atoms with Gasteiger partial charge in [0.2, 0.25) is 0 Å². The number of urea groups is 1. The molecule has 1 aromatic rings. The van der Waals surface area contributed by atoms with E-state index in [-0.39, 0.29) is 11.9 Å². The highest BCUT2D eigenvalue weighted by Gasteiger charge is 2.36. The third kappa shape index (κ3) is 3.27. The molecule has 0 bridgehead atoms. The van der Waals surface area contributed by atoms with Crippen LogP contribution in [0.5, 0.6) is 0 Å². The average molecular weight is 266 g/mol. The highest BCUT2D eigenvalue weighted by atomic mass is 16.4. The summed E-state index contributed by atoms with van der Waals surface area (Å²) in [5.41, 5.74) is 0. The van der Waals surface area contributed by atoms with Crippen molar-refractivity contribution in [2.24, 2.45) is 11.8 Å². The summed E-state index contributed by atoms with van der Waals surface area (Å²) in [6.45, 7) is 3.22. The summed E-state index contributed by atoms with van der Waals surface area (Å²) in [6.07, 6.45) is 2.26. The Morgan fingerprint density at radius 3 is 2.89 bits per heavy atom. The first-order valence-corrected chi connectivity index (χ1v) is 6.36. The van der Waals surface area contributed by atoms with Crippen molar-refractivity contribution in [2.75, 3.05) is 19.6 Å². The fourth-order valence-electron chi connectivity index (χ4n) is 2.06. The van der Waals surface area contributed by atoms with E-state index in [4.69, 9.17) is 9.52 Å². The molecule has 0 spiro atoms. The number of nitrogens with one attached hydrogen (secondary N) is 1. The Morgan fingerprint density at radius 1 is 1.58 bits per heavy atom. The number of rotatable bonds is 5. The van der Waals surface area contributed by atoms with Gasteiger partial charge in [-0.3, -0.25) is 4.79 Å². The van der Waals surface area contributed by atoms with Crippen molar-refractivity contribution < 1.29 is 19.1 Å². The molecule has 1 fully saturated rings. The average Bonchev–Trinajstić information content (AvgIpc) is 2.79. The van der Waals surface area contributed by atoms with Gasteiger partial charge in [-0.15, -0.1) is 0 Å². The van der Waals surface area contributed by atoms with Gasteiger partial charge in [-0.05, 0) is 12.1 Å². The maximum absolute atomic E-state index is 11.7. The number of carbonyl (C=O) groups excluding carboxylic acids is 1. The first-order chi connectivity index (χ1) is 9.08. The number of carbonyl (C=O) groups is 2. The number of likely N-dealkylation sites (tertiary alicyclic amines) is 1. The summed E-state index contributed by atoms with van der Waals surface area (Å²) in [7, 11) is 0. The molecular formula is C13H18N2O4. The number of carboxylic acids is 1. The monoisotopic (exact) mass is 266 g/mol. The van der Waals surface area contributed by atoms with E-state index in [0.717, 1.165) is 5.76 Å². The number of furan rings is 1. The van der Waals surface area contributed by atoms with Gasteiger partial charge >= 0.3 is 12.0 Å². The van der Waals surface area contributed by atoms with Crippen LogP contribution in [0.25, 0.3) is 0 Å². The largest absolute Gasteiger partial charge is 0.481 e. The molecule has 2 N–H and O–H groups in total. The van der Waals surface area contributed by atoms with Crippen LogP contribution in [-0.2, 0) is 11.2 Å². The van der Waals surface area contributed by atoms with E-state index in [1.807, 2.05) is 12.1 Å². The number of carboxylic acid groups (broad SMARTS) is 1. The van der Waals surface area contributed by atoms with Crippen molar-refractivity contribution in [3.05, 3.63) is 24.2 Å². The number of hydrogen-bond acceptors (Lipinski definition) is 3. The molecule has 104 valence electrons. The molecule has 1 saturated heterocycles. The standard InChI is InChI=1S/C13H18N2O4/c1-9(12(16)17)10-7-15(8-10)13(18)14-5-4-11-3-2-6-19-11/h2-3,6,9-10H,4-5,7-8H2,1H3,(H,14,18)(H,16,17). The minimum atomic E-state index is -0.803. The minimum Gasteiger partial charge on any atom is -0.481 e. The first-order valence-electron chi connectivity index (χ1n) is 6.36. The topological polar surface area (TPSA) is 82.8 Å². The van der Waals surface area contributed by atoms with Crippen LogP contribution < -0.4 is 5.32 Å². The summed E-state index contributed by atoms with van der Waals surface area (Å²) < 4.78 is 5.16. The summed E-state index contributed by atoms with van der Waals surface area (Å²) in [6, 6.07) is 3.53. The Morgan fingerprint density at radius 2 is 2.32 bits per heavy atom. The number of nitrogens with zero attached hydrogens (tertiary/aromatic N) is 1. The summed E-state index contributed by atoms with van der Waals surface area (Å²) in [5, 5.41) is 11.7. The van der Waals surface area contributed by atoms with E-state index >= 15 is 0 Å². The zero-order valence-electron chi connectivity index (χ0n) is 10.8. The van der Waals surface area contributed by atoms with Crippen molar-refractivity contribution >= 4 is 12.0 Å². The third-order valence-corrected chi connectivity index (χ3v) is 3.52. The van der Waals surface area contributed by atoms with Crippen molar-refractivity contribution in [3.63, 3.8) is 0 Å². The highest BCUT2D eigenvalue weighted by Crippen LogP contribution is 2.23. The zero-order valence-corrected chi connectivity index (χ0v) is 10.8. The Balaban J connectivity index is 1.65. The predicted molar refractivity (Wildman–Crippen MR) is 67.7 cm³/mol. The van der Waals surface area contributed by atoms with Crippen LogP contribution in [0, 0.1) is 11.8 Å². The Labute approximate surface area is 111 Å². The van der Waals surface area contributed by atoms with E-state index in [0.29, 0.717) is 26.1 Å². The predicted octanol–water partition coefficient (Wildman–Crippen LogP) is 1.18. The summed E-state index contributed by atoms with van der Waals surface area (Å²) >= 11 is 0. The van der Waals surface area contributed by atoms with Gasteiger partial charge in [-0.1, -0.05) is 6.92 Å². The molecule has 19 heavy (non-hydrogen) atoms. The molecule has 1 aromatic heterocycles. The van der Waals surface area contributed by atoms with Gasteiger partial charge in [0, 0.05) is 32.0 Å². The van der Waals surface area contributed by atoms with E-state index in [1.165, 1.54) is 0 Å². The van der Waals surface area contributed by atoms with E-state index in [9.17, 15) is 9.59 Å². The van der Waals surface area contributed by atoms with Crippen LogP contribution in [0.1, 0.15) is 12.7 Å². The molecule has 0 radical (unpaired) electrons. The van der Waals surface area contributed by atoms with Crippen LogP contribution >= 0.6 is 0 Å². The molecule has 0 aliphatic carbocycles. The smallest absolute Gasteiger partial charge is 0.317 e. The van der Waals surface area contributed by atoms with Crippen LogP contribution in [0.2, 0.25) is 0 Å². The molecule has 0 aromatic carbocycles. The lowest BCUT2D eigenvalue weighted by Crippen LogP contribution is -2.56. The van der Waals surface area contributed by atoms with E-state index in [2.05, 4.69) is 5.32 Å². The molecule has 1 atom stereocenters. The molecule has 1 unspecified atom stereocenters. The van der Waals surface area contributed by atoms with Gasteiger partial charge in [-0.2, -0.15) is 0 Å². The molecule has 6 heteroatoms. The molecule has 0 saturated carbocycles. The first kappa shape index (κ1) is 13.5. The Bertz CT molecular complexity index is 438. The Hall–Kier alpha value is -1.98. The number of amides is 2. The number of aliphatic carboxylic acids is 1. The molecular weight excluding hydrogens is 248 g/mol. The second kappa shape index (κ2) is 5.77. The van der Waals surface area contributed by atoms with E-state index < -0.39 is 11.9 Å². The van der Waals surface area contributed by atoms with Crippen LogP contribution in [0.3, 0.4) is 0 Å². The summed E-state index contributed by atoms with van der Waals surface area (Å²) in [5.74, 6) is -0.301. The lowest BCUT2D eigenvalue weighted by atomic mass is 9.87. The molecule has 2 rings (SSSR count). The molecule has 6 nitrogen and oxygen atoms in total. The van der Waals surface area contributed by atoms with Crippen molar-refractivity contribution in [3.8, 4) is 0 Å². The minimum absolute atomic E-state index is 0.0633.